The van der Waals surface area contributed by atoms with E-state index in [2.05, 4.69) is 42.8 Å². The Hall–Kier alpha value is -2.25. The number of rotatable bonds is 7. The van der Waals surface area contributed by atoms with E-state index in [0.29, 0.717) is 18.8 Å². The lowest BCUT2D eigenvalue weighted by molar-refractivity contribution is -0.117. The zero-order valence-corrected chi connectivity index (χ0v) is 21.5. The third kappa shape index (κ3) is 5.30. The molecule has 1 aromatic carbocycles. The van der Waals surface area contributed by atoms with Crippen LogP contribution in [0, 0.1) is 11.5 Å². The first-order valence-corrected chi connectivity index (χ1v) is 13.3. The highest BCUT2D eigenvalue weighted by Gasteiger charge is 2.27. The predicted octanol–water partition coefficient (Wildman–Crippen LogP) is 4.83. The van der Waals surface area contributed by atoms with Crippen molar-refractivity contribution in [1.82, 2.24) is 4.72 Å². The van der Waals surface area contributed by atoms with Crippen LogP contribution >= 0.6 is 11.3 Å². The summed E-state index contributed by atoms with van der Waals surface area (Å²) in [5.74, 6) is -0.205. The summed E-state index contributed by atoms with van der Waals surface area (Å²) >= 11 is 1.09. The number of hydrogen-bond acceptors (Lipinski definition) is 6. The van der Waals surface area contributed by atoms with Gasteiger partial charge in [0.05, 0.1) is 25.2 Å². The Morgan fingerprint density at radius 3 is 2.55 bits per heavy atom. The quantitative estimate of drug-likeness (QED) is 0.427. The molecule has 2 aromatic rings. The van der Waals surface area contributed by atoms with Gasteiger partial charge in [0.15, 0.2) is 16.1 Å². The molecule has 0 unspecified atom stereocenters. The number of nitrogens with zero attached hydrogens (tertiary/aromatic N) is 2. The monoisotopic (exact) mass is 489 g/mol. The first kappa shape index (κ1) is 25.4. The van der Waals surface area contributed by atoms with Gasteiger partial charge < -0.3 is 9.84 Å². The SMILES string of the molecule is CC(C)c1cc2c(c(C(C)C)c1CC(=O)N=[S@@](=O)(NC#N)c1cc(C(C)(C)O)cs1)COC2. The number of carbonyl (C=O) groups is 1. The van der Waals surface area contributed by atoms with Gasteiger partial charge in [-0.1, -0.05) is 33.8 Å². The summed E-state index contributed by atoms with van der Waals surface area (Å²) in [6.07, 6.45) is 1.66. The standard InChI is InChI=1S/C24H31N3O4S2/c1-14(2)18-7-16-10-31-11-20(16)23(15(3)4)19(18)9-21(28)27-33(30,26-13-25)22-8-17(12-32-22)24(5,6)29/h7-8,12,14-15,29H,9-11H2,1-6H3,(H,26,27,28,30)/t33-/m0/s1. The Morgan fingerprint density at radius 2 is 2.00 bits per heavy atom. The van der Waals surface area contributed by atoms with Crippen LogP contribution in [0.5, 0.6) is 0 Å². The molecule has 0 bridgehead atoms. The van der Waals surface area contributed by atoms with E-state index in [0.717, 1.165) is 39.2 Å². The van der Waals surface area contributed by atoms with Gasteiger partial charge in [-0.3, -0.25) is 4.79 Å². The van der Waals surface area contributed by atoms with E-state index >= 15 is 0 Å². The topological polar surface area (TPSA) is 112 Å². The Labute approximate surface area is 200 Å². The van der Waals surface area contributed by atoms with Gasteiger partial charge in [-0.25, -0.2) is 8.93 Å². The second-order valence-electron chi connectivity index (χ2n) is 9.41. The summed E-state index contributed by atoms with van der Waals surface area (Å²) in [5.41, 5.74) is 4.74. The highest BCUT2D eigenvalue weighted by Crippen LogP contribution is 2.37. The van der Waals surface area contributed by atoms with Gasteiger partial charge in [0.1, 0.15) is 4.21 Å². The van der Waals surface area contributed by atoms with Crippen LogP contribution in [0.1, 0.15) is 86.8 Å². The Balaban J connectivity index is 2.08. The summed E-state index contributed by atoms with van der Waals surface area (Å²) in [7, 11) is -3.51. The first-order chi connectivity index (χ1) is 15.4. The third-order valence-electron chi connectivity index (χ3n) is 5.72. The Bertz CT molecular complexity index is 1220. The minimum Gasteiger partial charge on any atom is -0.386 e. The number of thiophene rings is 1. The molecular weight excluding hydrogens is 458 g/mol. The third-order valence-corrected chi connectivity index (χ3v) is 8.90. The van der Waals surface area contributed by atoms with Crippen LogP contribution in [0.25, 0.3) is 0 Å². The number of amides is 1. The molecule has 2 heterocycles. The molecule has 2 N–H and O–H groups in total. The number of benzene rings is 1. The molecule has 178 valence electrons. The van der Waals surface area contributed by atoms with Crippen LogP contribution in [0.2, 0.25) is 0 Å². The lowest BCUT2D eigenvalue weighted by Gasteiger charge is -2.22. The van der Waals surface area contributed by atoms with Gasteiger partial charge in [0.25, 0.3) is 5.91 Å². The average Bonchev–Trinajstić information content (AvgIpc) is 3.36. The summed E-state index contributed by atoms with van der Waals surface area (Å²) in [6.45, 7) is 12.6. The highest BCUT2D eigenvalue weighted by molar-refractivity contribution is 7.94. The molecule has 0 aliphatic carbocycles. The molecule has 1 amide bonds. The van der Waals surface area contributed by atoms with Crippen molar-refractivity contribution in [2.75, 3.05) is 0 Å². The maximum atomic E-state index is 13.5. The zero-order chi connectivity index (χ0) is 24.6. The zero-order valence-electron chi connectivity index (χ0n) is 19.9. The number of fused-ring (bicyclic) bond motifs is 1. The van der Waals surface area contributed by atoms with Crippen molar-refractivity contribution < 1.29 is 18.8 Å². The number of hydrogen-bond donors (Lipinski definition) is 2. The molecule has 0 radical (unpaired) electrons. The van der Waals surface area contributed by atoms with E-state index in [4.69, 9.17) is 4.74 Å². The number of ether oxygens (including phenoxy) is 1. The molecule has 1 aliphatic heterocycles. The predicted molar refractivity (Wildman–Crippen MR) is 129 cm³/mol. The molecule has 1 aliphatic rings. The van der Waals surface area contributed by atoms with Crippen molar-refractivity contribution in [1.29, 1.82) is 5.26 Å². The molecule has 9 heteroatoms. The summed E-state index contributed by atoms with van der Waals surface area (Å²) < 4.78 is 25.7. The van der Waals surface area contributed by atoms with Gasteiger partial charge in [-0.05, 0) is 70.5 Å². The lowest BCUT2D eigenvalue weighted by Crippen LogP contribution is -2.21. The fourth-order valence-corrected chi connectivity index (χ4v) is 6.83. The minimum absolute atomic E-state index is 0.0118. The van der Waals surface area contributed by atoms with E-state index in [9.17, 15) is 19.4 Å². The average molecular weight is 490 g/mol. The Kier molecular flexibility index (Phi) is 7.34. The van der Waals surface area contributed by atoms with Crippen molar-refractivity contribution in [3.63, 3.8) is 0 Å². The maximum Gasteiger partial charge on any atom is 0.259 e. The first-order valence-electron chi connectivity index (χ1n) is 10.9. The minimum atomic E-state index is -3.51. The van der Waals surface area contributed by atoms with Crippen molar-refractivity contribution >= 4 is 27.2 Å². The van der Waals surface area contributed by atoms with Crippen molar-refractivity contribution in [2.45, 2.75) is 82.8 Å². The number of nitrogens with one attached hydrogen (secondary N) is 1. The fourth-order valence-electron chi connectivity index (χ4n) is 4.13. The highest BCUT2D eigenvalue weighted by atomic mass is 32.2. The van der Waals surface area contributed by atoms with Crippen LogP contribution in [0.15, 0.2) is 26.1 Å². The molecule has 0 saturated heterocycles. The molecule has 0 spiro atoms. The maximum absolute atomic E-state index is 13.5. The van der Waals surface area contributed by atoms with Crippen LogP contribution in [0.3, 0.4) is 0 Å². The molecule has 33 heavy (non-hydrogen) atoms. The summed E-state index contributed by atoms with van der Waals surface area (Å²) in [4.78, 5) is 13.2. The van der Waals surface area contributed by atoms with Crippen molar-refractivity contribution in [2.24, 2.45) is 4.36 Å². The molecule has 7 nitrogen and oxygen atoms in total. The van der Waals surface area contributed by atoms with Gasteiger partial charge in [0, 0.05) is 0 Å². The van der Waals surface area contributed by atoms with Crippen LogP contribution in [0.4, 0.5) is 0 Å². The van der Waals surface area contributed by atoms with Crippen LogP contribution in [-0.4, -0.2) is 15.2 Å². The summed E-state index contributed by atoms with van der Waals surface area (Å²) in [6, 6.07) is 3.64. The Morgan fingerprint density at radius 1 is 1.30 bits per heavy atom. The normalized spacial score (nSPS) is 15.3. The molecule has 1 aromatic heterocycles. The second kappa shape index (κ2) is 9.55. The van der Waals surface area contributed by atoms with E-state index in [1.165, 1.54) is 6.07 Å². The number of carbonyl (C=O) groups excluding carboxylic acids is 1. The van der Waals surface area contributed by atoms with E-state index in [-0.39, 0.29) is 22.5 Å². The molecule has 3 rings (SSSR count). The van der Waals surface area contributed by atoms with E-state index in [1.807, 2.05) is 0 Å². The number of nitriles is 1. The molecule has 0 fully saturated rings. The molecule has 1 atom stereocenters. The van der Waals surface area contributed by atoms with Gasteiger partial charge in [-0.2, -0.15) is 5.26 Å². The van der Waals surface area contributed by atoms with E-state index < -0.39 is 21.4 Å². The van der Waals surface area contributed by atoms with E-state index in [1.54, 1.807) is 25.4 Å². The van der Waals surface area contributed by atoms with Gasteiger partial charge >= 0.3 is 0 Å². The summed E-state index contributed by atoms with van der Waals surface area (Å²) in [5, 5.41) is 21.1. The van der Waals surface area contributed by atoms with Crippen LogP contribution < -0.4 is 4.72 Å². The van der Waals surface area contributed by atoms with Crippen LogP contribution in [-0.2, 0) is 44.7 Å². The fraction of sp³-hybridized carbons (Fsp3) is 0.500. The largest absolute Gasteiger partial charge is 0.386 e. The molecule has 0 saturated carbocycles. The number of aliphatic hydroxyl groups is 1. The van der Waals surface area contributed by atoms with Crippen molar-refractivity contribution in [3.8, 4) is 6.19 Å². The van der Waals surface area contributed by atoms with Gasteiger partial charge in [-0.15, -0.1) is 15.7 Å². The second-order valence-corrected chi connectivity index (χ2v) is 12.5. The van der Waals surface area contributed by atoms with Crippen molar-refractivity contribution in [3.05, 3.63) is 50.9 Å². The molecular formula is C24H31N3O4S2. The smallest absolute Gasteiger partial charge is 0.259 e. The van der Waals surface area contributed by atoms with Gasteiger partial charge in [0.2, 0.25) is 0 Å². The lowest BCUT2D eigenvalue weighted by atomic mass is 9.82.